The lowest BCUT2D eigenvalue weighted by Crippen LogP contribution is -2.36. The Balaban J connectivity index is 3.31. The van der Waals surface area contributed by atoms with Gasteiger partial charge in [0.2, 0.25) is 0 Å². The van der Waals surface area contributed by atoms with E-state index in [1.54, 1.807) is 4.68 Å². The number of nitrogens with zero attached hydrogens (tertiary/aromatic N) is 3. The molecule has 0 spiro atoms. The number of anilines is 1. The summed E-state index contributed by atoms with van der Waals surface area (Å²) < 4.78 is 1.76. The summed E-state index contributed by atoms with van der Waals surface area (Å²) in [6.45, 7) is 6.61. The molecule has 1 aromatic heterocycles. The Labute approximate surface area is 107 Å². The van der Waals surface area contributed by atoms with Crippen LogP contribution in [-0.2, 0) is 7.05 Å². The van der Waals surface area contributed by atoms with E-state index in [0.29, 0.717) is 11.5 Å². The molecule has 0 saturated carbocycles. The lowest BCUT2D eigenvalue weighted by Gasteiger charge is -2.29. The van der Waals surface area contributed by atoms with Gasteiger partial charge in [0, 0.05) is 19.6 Å². The van der Waals surface area contributed by atoms with Crippen molar-refractivity contribution in [3.63, 3.8) is 0 Å². The lowest BCUT2D eigenvalue weighted by molar-refractivity contribution is 0.298. The Kier molecular flexibility index (Phi) is 4.47. The maximum atomic E-state index is 9.14. The van der Waals surface area contributed by atoms with Crippen LogP contribution in [0, 0.1) is 6.92 Å². The predicted molar refractivity (Wildman–Crippen MR) is 73.4 cm³/mol. The van der Waals surface area contributed by atoms with Crippen molar-refractivity contribution in [2.75, 3.05) is 18.1 Å². The van der Waals surface area contributed by atoms with Crippen molar-refractivity contribution in [3.05, 3.63) is 11.3 Å². The first kappa shape index (κ1) is 13.9. The average Bonchev–Trinajstić information content (AvgIpc) is 2.49. The molecule has 0 saturated heterocycles. The number of nitrogens with two attached hydrogens (primary N) is 1. The minimum atomic E-state index is 0.0825. The largest absolute Gasteiger partial charge is 0.395 e. The maximum Gasteiger partial charge on any atom is 0.137 e. The van der Waals surface area contributed by atoms with Crippen LogP contribution in [0.3, 0.4) is 0 Å². The third-order valence-electron chi connectivity index (χ3n) is 2.67. The van der Waals surface area contributed by atoms with Gasteiger partial charge in [0.05, 0.1) is 17.9 Å². The van der Waals surface area contributed by atoms with Crippen LogP contribution in [0.2, 0.25) is 0 Å². The zero-order valence-electron chi connectivity index (χ0n) is 10.8. The molecule has 0 aromatic carbocycles. The van der Waals surface area contributed by atoms with Gasteiger partial charge in [0.1, 0.15) is 10.8 Å². The summed E-state index contributed by atoms with van der Waals surface area (Å²) in [5.74, 6) is 0.874. The fourth-order valence-electron chi connectivity index (χ4n) is 1.98. The standard InChI is InChI=1S/C11H20N4OS/c1-7(2)15(5-6-16)11-9(10(12)17)8(3)13-14(11)4/h7,16H,5-6H2,1-4H3,(H2,12,17). The van der Waals surface area contributed by atoms with Gasteiger partial charge in [-0.2, -0.15) is 5.10 Å². The van der Waals surface area contributed by atoms with E-state index in [9.17, 15) is 0 Å². The second-order valence-electron chi connectivity index (χ2n) is 4.28. The summed E-state index contributed by atoms with van der Waals surface area (Å²) >= 11 is 5.08. The van der Waals surface area contributed by atoms with Crippen LogP contribution in [0.4, 0.5) is 5.82 Å². The van der Waals surface area contributed by atoms with Crippen molar-refractivity contribution in [1.29, 1.82) is 0 Å². The number of aliphatic hydroxyl groups excluding tert-OH is 1. The van der Waals surface area contributed by atoms with E-state index in [1.807, 2.05) is 14.0 Å². The zero-order valence-corrected chi connectivity index (χ0v) is 11.6. The van der Waals surface area contributed by atoms with Crippen LogP contribution < -0.4 is 10.6 Å². The van der Waals surface area contributed by atoms with Gasteiger partial charge < -0.3 is 15.7 Å². The molecule has 1 aromatic rings. The molecule has 0 amide bonds. The van der Waals surface area contributed by atoms with E-state index in [0.717, 1.165) is 17.1 Å². The van der Waals surface area contributed by atoms with Gasteiger partial charge in [0.25, 0.3) is 0 Å². The quantitative estimate of drug-likeness (QED) is 0.754. The number of aryl methyl sites for hydroxylation is 2. The monoisotopic (exact) mass is 256 g/mol. The molecule has 0 aliphatic carbocycles. The van der Waals surface area contributed by atoms with Gasteiger partial charge in [-0.1, -0.05) is 12.2 Å². The van der Waals surface area contributed by atoms with E-state index < -0.39 is 0 Å². The minimum absolute atomic E-state index is 0.0825. The van der Waals surface area contributed by atoms with Crippen molar-refractivity contribution in [3.8, 4) is 0 Å². The van der Waals surface area contributed by atoms with Gasteiger partial charge in [-0.3, -0.25) is 4.68 Å². The second-order valence-corrected chi connectivity index (χ2v) is 4.72. The van der Waals surface area contributed by atoms with E-state index in [4.69, 9.17) is 23.1 Å². The number of thiocarbonyl (C=S) groups is 1. The van der Waals surface area contributed by atoms with Gasteiger partial charge in [-0.25, -0.2) is 0 Å². The molecule has 0 aliphatic rings. The molecule has 3 N–H and O–H groups in total. The fourth-order valence-corrected chi connectivity index (χ4v) is 2.22. The molecule has 6 heteroatoms. The Morgan fingerprint density at radius 1 is 1.59 bits per heavy atom. The molecular formula is C11H20N4OS. The molecule has 5 nitrogen and oxygen atoms in total. The fraction of sp³-hybridized carbons (Fsp3) is 0.636. The maximum absolute atomic E-state index is 9.14. The Bertz CT molecular complexity index is 414. The van der Waals surface area contributed by atoms with Gasteiger partial charge in [-0.05, 0) is 20.8 Å². The summed E-state index contributed by atoms with van der Waals surface area (Å²) in [6, 6.07) is 0.241. The number of aromatic nitrogens is 2. The Morgan fingerprint density at radius 3 is 2.59 bits per heavy atom. The molecule has 1 rings (SSSR count). The first-order valence-corrected chi connectivity index (χ1v) is 6.01. The highest BCUT2D eigenvalue weighted by Crippen LogP contribution is 2.24. The Hall–Kier alpha value is -1.14. The topological polar surface area (TPSA) is 67.3 Å². The highest BCUT2D eigenvalue weighted by atomic mass is 32.1. The van der Waals surface area contributed by atoms with Crippen molar-refractivity contribution >= 4 is 23.0 Å². The van der Waals surface area contributed by atoms with E-state index in [1.165, 1.54) is 0 Å². The highest BCUT2D eigenvalue weighted by Gasteiger charge is 2.22. The van der Waals surface area contributed by atoms with Crippen molar-refractivity contribution < 1.29 is 5.11 Å². The number of aliphatic hydroxyl groups is 1. The molecule has 0 atom stereocenters. The van der Waals surface area contributed by atoms with E-state index in [2.05, 4.69) is 23.8 Å². The minimum Gasteiger partial charge on any atom is -0.395 e. The molecule has 0 fully saturated rings. The molecule has 17 heavy (non-hydrogen) atoms. The van der Waals surface area contributed by atoms with Crippen LogP contribution in [0.15, 0.2) is 0 Å². The SMILES string of the molecule is Cc1nn(C)c(N(CCO)C(C)C)c1C(N)=S. The first-order chi connectivity index (χ1) is 7.90. The van der Waals surface area contributed by atoms with Crippen LogP contribution in [0.1, 0.15) is 25.1 Å². The van der Waals surface area contributed by atoms with Crippen LogP contribution in [0.5, 0.6) is 0 Å². The van der Waals surface area contributed by atoms with Crippen LogP contribution >= 0.6 is 12.2 Å². The third kappa shape index (κ3) is 2.76. The highest BCUT2D eigenvalue weighted by molar-refractivity contribution is 7.80. The van der Waals surface area contributed by atoms with Crippen LogP contribution in [0.25, 0.3) is 0 Å². The number of hydrogen-bond acceptors (Lipinski definition) is 4. The smallest absolute Gasteiger partial charge is 0.137 e. The van der Waals surface area contributed by atoms with Gasteiger partial charge in [0.15, 0.2) is 0 Å². The van der Waals surface area contributed by atoms with E-state index >= 15 is 0 Å². The molecule has 96 valence electrons. The van der Waals surface area contributed by atoms with E-state index in [-0.39, 0.29) is 12.6 Å². The average molecular weight is 256 g/mol. The molecule has 0 bridgehead atoms. The number of hydrogen-bond donors (Lipinski definition) is 2. The summed E-state index contributed by atoms with van der Waals surface area (Å²) in [6.07, 6.45) is 0. The zero-order chi connectivity index (χ0) is 13.2. The van der Waals surface area contributed by atoms with Crippen molar-refractivity contribution in [2.45, 2.75) is 26.8 Å². The molecular weight excluding hydrogens is 236 g/mol. The summed E-state index contributed by atoms with van der Waals surface area (Å²) in [4.78, 5) is 2.39. The normalized spacial score (nSPS) is 10.9. The first-order valence-electron chi connectivity index (χ1n) is 5.61. The van der Waals surface area contributed by atoms with Gasteiger partial charge in [-0.15, -0.1) is 0 Å². The van der Waals surface area contributed by atoms with Crippen molar-refractivity contribution in [2.24, 2.45) is 12.8 Å². The lowest BCUT2D eigenvalue weighted by atomic mass is 10.2. The van der Waals surface area contributed by atoms with Gasteiger partial charge >= 0.3 is 0 Å². The second kappa shape index (κ2) is 5.46. The predicted octanol–water partition coefficient (Wildman–Crippen LogP) is 0.570. The molecule has 0 aliphatic heterocycles. The molecule has 0 radical (unpaired) electrons. The summed E-state index contributed by atoms with van der Waals surface area (Å²) in [5.41, 5.74) is 7.37. The summed E-state index contributed by atoms with van der Waals surface area (Å²) in [7, 11) is 1.86. The Morgan fingerprint density at radius 2 is 2.18 bits per heavy atom. The molecule has 1 heterocycles. The molecule has 0 unspecified atom stereocenters. The van der Waals surface area contributed by atoms with Crippen molar-refractivity contribution in [1.82, 2.24) is 9.78 Å². The van der Waals surface area contributed by atoms with Crippen LogP contribution in [-0.4, -0.2) is 39.1 Å². The number of rotatable bonds is 5. The third-order valence-corrected chi connectivity index (χ3v) is 2.88. The summed E-state index contributed by atoms with van der Waals surface area (Å²) in [5, 5.41) is 13.5.